The van der Waals surface area contributed by atoms with E-state index in [1.807, 2.05) is 24.3 Å². The molecule has 100 valence electrons. The smallest absolute Gasteiger partial charge is 0.330 e. The Morgan fingerprint density at radius 1 is 1.21 bits per heavy atom. The van der Waals surface area contributed by atoms with Gasteiger partial charge in [0.05, 0.1) is 5.56 Å². The van der Waals surface area contributed by atoms with Crippen molar-refractivity contribution in [1.82, 2.24) is 9.13 Å². The summed E-state index contributed by atoms with van der Waals surface area (Å²) in [7, 11) is 3.12. The molecular weight excluding hydrogens is 357 g/mol. The van der Waals surface area contributed by atoms with Gasteiger partial charge in [-0.3, -0.25) is 9.36 Å². The highest BCUT2D eigenvalue weighted by atomic mass is 127. The Balaban J connectivity index is 2.29. The van der Waals surface area contributed by atoms with Crippen molar-refractivity contribution in [1.29, 1.82) is 0 Å². The van der Waals surface area contributed by atoms with Crippen molar-refractivity contribution in [3.8, 4) is 0 Å². The third-order valence-electron chi connectivity index (χ3n) is 2.86. The number of aromatic nitrogens is 2. The van der Waals surface area contributed by atoms with Crippen LogP contribution in [0.3, 0.4) is 0 Å². The van der Waals surface area contributed by atoms with Crippen molar-refractivity contribution in [2.24, 2.45) is 14.1 Å². The maximum Gasteiger partial charge on any atom is 0.330 e. The molecule has 19 heavy (non-hydrogen) atoms. The standard InChI is InChI=1S/C13H14IN3O2/c1-16-8-9(12(18)17(2)13(16)19)7-15-11-6-4-3-5-10(11)14/h3-6,8,15H,7H2,1-2H3. The van der Waals surface area contributed by atoms with Gasteiger partial charge in [0.1, 0.15) is 0 Å². The minimum absolute atomic E-state index is 0.262. The Bertz CT molecular complexity index is 719. The molecule has 2 rings (SSSR count). The Morgan fingerprint density at radius 3 is 2.58 bits per heavy atom. The molecule has 1 aromatic carbocycles. The van der Waals surface area contributed by atoms with Gasteiger partial charge in [-0.05, 0) is 34.7 Å². The van der Waals surface area contributed by atoms with Gasteiger partial charge in [0.25, 0.3) is 5.56 Å². The van der Waals surface area contributed by atoms with Crippen molar-refractivity contribution in [3.05, 3.63) is 60.4 Å². The number of hydrogen-bond acceptors (Lipinski definition) is 3. The van der Waals surface area contributed by atoms with E-state index in [1.165, 1.54) is 11.6 Å². The fourth-order valence-corrected chi connectivity index (χ4v) is 2.38. The SMILES string of the molecule is Cn1cc(CNc2ccccc2I)c(=O)n(C)c1=O. The topological polar surface area (TPSA) is 56.0 Å². The number of aryl methyl sites for hydroxylation is 1. The summed E-state index contributed by atoms with van der Waals surface area (Å²) in [5.74, 6) is 0. The molecular formula is C13H14IN3O2. The number of hydrogen-bond donors (Lipinski definition) is 1. The van der Waals surface area contributed by atoms with E-state index in [-0.39, 0.29) is 11.2 Å². The Kier molecular flexibility index (Phi) is 4.08. The van der Waals surface area contributed by atoms with E-state index in [0.29, 0.717) is 12.1 Å². The van der Waals surface area contributed by atoms with Crippen LogP contribution in [0.25, 0.3) is 0 Å². The van der Waals surface area contributed by atoms with Crippen LogP contribution < -0.4 is 16.6 Å². The average Bonchev–Trinajstić information content (AvgIpc) is 2.40. The quantitative estimate of drug-likeness (QED) is 0.828. The third kappa shape index (κ3) is 2.89. The molecule has 0 aliphatic heterocycles. The van der Waals surface area contributed by atoms with Crippen LogP contribution in [-0.4, -0.2) is 9.13 Å². The van der Waals surface area contributed by atoms with Gasteiger partial charge in [0.2, 0.25) is 0 Å². The maximum absolute atomic E-state index is 12.0. The van der Waals surface area contributed by atoms with Gasteiger partial charge in [-0.25, -0.2) is 4.79 Å². The van der Waals surface area contributed by atoms with E-state index in [1.54, 1.807) is 13.2 Å². The molecule has 0 spiro atoms. The molecule has 0 saturated heterocycles. The minimum Gasteiger partial charge on any atom is -0.380 e. The predicted molar refractivity (Wildman–Crippen MR) is 83.4 cm³/mol. The van der Waals surface area contributed by atoms with Crippen LogP contribution in [0.15, 0.2) is 40.1 Å². The molecule has 0 unspecified atom stereocenters. The van der Waals surface area contributed by atoms with Crippen molar-refractivity contribution in [2.75, 3.05) is 5.32 Å². The molecule has 5 nitrogen and oxygen atoms in total. The van der Waals surface area contributed by atoms with E-state index >= 15 is 0 Å². The highest BCUT2D eigenvalue weighted by molar-refractivity contribution is 14.1. The first kappa shape index (κ1) is 13.9. The first-order chi connectivity index (χ1) is 9.00. The Labute approximate surface area is 124 Å². The van der Waals surface area contributed by atoms with Gasteiger partial charge in [-0.2, -0.15) is 0 Å². The van der Waals surface area contributed by atoms with Crippen LogP contribution in [0.1, 0.15) is 5.56 Å². The lowest BCUT2D eigenvalue weighted by Gasteiger charge is -2.10. The number of benzene rings is 1. The fraction of sp³-hybridized carbons (Fsp3) is 0.231. The van der Waals surface area contributed by atoms with E-state index in [0.717, 1.165) is 13.8 Å². The Hall–Kier alpha value is -1.57. The summed E-state index contributed by atoms with van der Waals surface area (Å²) in [6.45, 7) is 0.390. The second-order valence-electron chi connectivity index (χ2n) is 4.25. The number of anilines is 1. The molecule has 0 aliphatic carbocycles. The summed E-state index contributed by atoms with van der Waals surface area (Å²) in [5.41, 5.74) is 0.952. The van der Waals surface area contributed by atoms with Gasteiger partial charge in [0.15, 0.2) is 0 Å². The van der Waals surface area contributed by atoms with E-state index < -0.39 is 0 Å². The van der Waals surface area contributed by atoms with E-state index in [2.05, 4.69) is 27.9 Å². The molecule has 1 aromatic heterocycles. The molecule has 1 heterocycles. The summed E-state index contributed by atoms with van der Waals surface area (Å²) in [6.07, 6.45) is 1.58. The Morgan fingerprint density at radius 2 is 1.89 bits per heavy atom. The van der Waals surface area contributed by atoms with E-state index in [9.17, 15) is 9.59 Å². The zero-order chi connectivity index (χ0) is 14.0. The molecule has 1 N–H and O–H groups in total. The summed E-state index contributed by atoms with van der Waals surface area (Å²) >= 11 is 2.23. The van der Waals surface area contributed by atoms with Crippen molar-refractivity contribution in [3.63, 3.8) is 0 Å². The van der Waals surface area contributed by atoms with Crippen molar-refractivity contribution >= 4 is 28.3 Å². The van der Waals surface area contributed by atoms with Crippen LogP contribution in [0.4, 0.5) is 5.69 Å². The van der Waals surface area contributed by atoms with Gasteiger partial charge < -0.3 is 9.88 Å². The molecule has 0 atom stereocenters. The lowest BCUT2D eigenvalue weighted by atomic mass is 10.3. The number of halogens is 1. The van der Waals surface area contributed by atoms with E-state index in [4.69, 9.17) is 0 Å². The van der Waals surface area contributed by atoms with Crippen LogP contribution in [0.5, 0.6) is 0 Å². The minimum atomic E-state index is -0.317. The molecule has 0 bridgehead atoms. The highest BCUT2D eigenvalue weighted by Crippen LogP contribution is 2.17. The summed E-state index contributed by atoms with van der Waals surface area (Å²) in [5, 5.41) is 3.21. The number of nitrogens with zero attached hydrogens (tertiary/aromatic N) is 2. The molecule has 0 fully saturated rings. The molecule has 0 saturated carbocycles. The zero-order valence-corrected chi connectivity index (χ0v) is 12.8. The highest BCUT2D eigenvalue weighted by Gasteiger charge is 2.07. The monoisotopic (exact) mass is 371 g/mol. The molecule has 6 heteroatoms. The van der Waals surface area contributed by atoms with Crippen LogP contribution in [0, 0.1) is 3.57 Å². The van der Waals surface area contributed by atoms with Crippen molar-refractivity contribution < 1.29 is 0 Å². The molecule has 0 amide bonds. The summed E-state index contributed by atoms with van der Waals surface area (Å²) in [6, 6.07) is 7.83. The van der Waals surface area contributed by atoms with Crippen LogP contribution in [0.2, 0.25) is 0 Å². The summed E-state index contributed by atoms with van der Waals surface area (Å²) in [4.78, 5) is 23.5. The number of rotatable bonds is 3. The number of para-hydroxylation sites is 1. The summed E-state index contributed by atoms with van der Waals surface area (Å²) < 4.78 is 3.61. The van der Waals surface area contributed by atoms with Crippen LogP contribution >= 0.6 is 22.6 Å². The van der Waals surface area contributed by atoms with Gasteiger partial charge in [0, 0.05) is 36.1 Å². The third-order valence-corrected chi connectivity index (χ3v) is 3.80. The van der Waals surface area contributed by atoms with Crippen LogP contribution in [-0.2, 0) is 20.6 Å². The van der Waals surface area contributed by atoms with Gasteiger partial charge in [-0.15, -0.1) is 0 Å². The average molecular weight is 371 g/mol. The second-order valence-corrected chi connectivity index (χ2v) is 5.41. The van der Waals surface area contributed by atoms with Gasteiger partial charge >= 0.3 is 5.69 Å². The fourth-order valence-electron chi connectivity index (χ4n) is 1.80. The lowest BCUT2D eigenvalue weighted by Crippen LogP contribution is -2.38. The zero-order valence-electron chi connectivity index (χ0n) is 10.7. The molecule has 2 aromatic rings. The first-order valence-electron chi connectivity index (χ1n) is 5.74. The first-order valence-corrected chi connectivity index (χ1v) is 6.82. The normalized spacial score (nSPS) is 10.5. The van der Waals surface area contributed by atoms with Gasteiger partial charge in [-0.1, -0.05) is 12.1 Å². The van der Waals surface area contributed by atoms with Crippen molar-refractivity contribution in [2.45, 2.75) is 6.54 Å². The lowest BCUT2D eigenvalue weighted by molar-refractivity contribution is 0.671. The molecule has 0 aliphatic rings. The second kappa shape index (κ2) is 5.60. The largest absolute Gasteiger partial charge is 0.380 e. The number of nitrogens with one attached hydrogen (secondary N) is 1. The molecule has 0 radical (unpaired) electrons. The predicted octanol–water partition coefficient (Wildman–Crippen LogP) is 1.30. The maximum atomic E-state index is 12.0.